The molecule has 3 nitrogen and oxygen atoms in total. The molecule has 0 aliphatic carbocycles. The van der Waals surface area contributed by atoms with E-state index in [2.05, 4.69) is 277 Å². The molecule has 11 aromatic carbocycles. The zero-order valence-electron chi connectivity index (χ0n) is 36.7. The molecule has 0 unspecified atom stereocenters. The van der Waals surface area contributed by atoms with Crippen LogP contribution in [0.25, 0.3) is 66.4 Å². The van der Waals surface area contributed by atoms with Crippen LogP contribution in [0.5, 0.6) is 11.5 Å². The van der Waals surface area contributed by atoms with Crippen LogP contribution in [0.2, 0.25) is 0 Å². The molecule has 67 heavy (non-hydrogen) atoms. The SMILES string of the molecule is c1ccc(-c2ccc(N(c3ccc(-c4ccccc4)c(-c4ccccc4)c3)c3ccc4c5c(cccc35)-c3c(cccc3N(c3ccccc3)c3ccccc3)O4)cc2-c2ccccc2)cc1. The predicted molar refractivity (Wildman–Crippen MR) is 281 cm³/mol. The summed E-state index contributed by atoms with van der Waals surface area (Å²) in [5.41, 5.74) is 17.8. The maximum atomic E-state index is 7.00. The minimum absolute atomic E-state index is 0.826. The Balaban J connectivity index is 1.11. The van der Waals surface area contributed by atoms with Crippen molar-refractivity contribution in [1.29, 1.82) is 0 Å². The molecule has 0 amide bonds. The molecule has 0 N–H and O–H groups in total. The van der Waals surface area contributed by atoms with Gasteiger partial charge in [-0.2, -0.15) is 0 Å². The second-order valence-corrected chi connectivity index (χ2v) is 16.8. The molecule has 0 aromatic heterocycles. The quantitative estimate of drug-likeness (QED) is 0.136. The highest BCUT2D eigenvalue weighted by Gasteiger charge is 2.29. The van der Waals surface area contributed by atoms with E-state index in [1.807, 2.05) is 0 Å². The second-order valence-electron chi connectivity index (χ2n) is 16.8. The van der Waals surface area contributed by atoms with Crippen molar-refractivity contribution < 1.29 is 4.74 Å². The van der Waals surface area contributed by atoms with Gasteiger partial charge in [-0.1, -0.05) is 194 Å². The fraction of sp³-hybridized carbons (Fsp3) is 0. The average Bonchev–Trinajstić information content (AvgIpc) is 3.41. The number of para-hydroxylation sites is 2. The molecule has 11 aromatic rings. The zero-order chi connectivity index (χ0) is 44.5. The topological polar surface area (TPSA) is 15.7 Å². The molecular weight excluding hydrogens is 813 g/mol. The van der Waals surface area contributed by atoms with Gasteiger partial charge >= 0.3 is 0 Å². The normalized spacial score (nSPS) is 11.4. The molecule has 1 aliphatic heterocycles. The lowest BCUT2D eigenvalue weighted by molar-refractivity contribution is 0.487. The Morgan fingerprint density at radius 3 is 1.18 bits per heavy atom. The molecule has 316 valence electrons. The first kappa shape index (κ1) is 39.7. The van der Waals surface area contributed by atoms with E-state index in [1.54, 1.807) is 0 Å². The van der Waals surface area contributed by atoms with Gasteiger partial charge in [-0.15, -0.1) is 0 Å². The first-order valence-electron chi connectivity index (χ1n) is 22.8. The second kappa shape index (κ2) is 17.2. The van der Waals surface area contributed by atoms with Crippen LogP contribution in [0.3, 0.4) is 0 Å². The van der Waals surface area contributed by atoms with Gasteiger partial charge in [0.15, 0.2) is 0 Å². The van der Waals surface area contributed by atoms with Gasteiger partial charge < -0.3 is 14.5 Å². The third-order valence-electron chi connectivity index (χ3n) is 12.8. The van der Waals surface area contributed by atoms with E-state index in [0.29, 0.717) is 0 Å². The van der Waals surface area contributed by atoms with Gasteiger partial charge in [0.25, 0.3) is 0 Å². The van der Waals surface area contributed by atoms with Crippen LogP contribution in [0.15, 0.2) is 267 Å². The summed E-state index contributed by atoms with van der Waals surface area (Å²) in [6.07, 6.45) is 0. The summed E-state index contributed by atoms with van der Waals surface area (Å²) in [5.74, 6) is 1.66. The fourth-order valence-electron chi connectivity index (χ4n) is 9.83. The van der Waals surface area contributed by atoms with Crippen molar-refractivity contribution in [2.24, 2.45) is 0 Å². The lowest BCUT2D eigenvalue weighted by atomic mass is 9.90. The molecule has 3 heteroatoms. The van der Waals surface area contributed by atoms with Crippen LogP contribution >= 0.6 is 0 Å². The van der Waals surface area contributed by atoms with Crippen LogP contribution in [0, 0.1) is 0 Å². The van der Waals surface area contributed by atoms with Crippen LogP contribution in [-0.2, 0) is 0 Å². The van der Waals surface area contributed by atoms with Gasteiger partial charge in [0.05, 0.1) is 11.4 Å². The number of hydrogen-bond acceptors (Lipinski definition) is 3. The summed E-state index contributed by atoms with van der Waals surface area (Å²) in [6.45, 7) is 0. The predicted octanol–water partition coefficient (Wildman–Crippen LogP) is 18.2. The van der Waals surface area contributed by atoms with Crippen LogP contribution in [0.1, 0.15) is 0 Å². The summed E-state index contributed by atoms with van der Waals surface area (Å²) in [4.78, 5) is 4.77. The number of rotatable bonds is 10. The molecule has 12 rings (SSSR count). The van der Waals surface area contributed by atoms with Crippen molar-refractivity contribution in [2.45, 2.75) is 0 Å². The average molecular weight is 857 g/mol. The van der Waals surface area contributed by atoms with Crippen LogP contribution in [0.4, 0.5) is 34.1 Å². The number of ether oxygens (including phenoxy) is 1. The molecule has 1 aliphatic rings. The molecular formula is C64H44N2O. The maximum absolute atomic E-state index is 7.00. The summed E-state index contributed by atoms with van der Waals surface area (Å²) in [5, 5.41) is 2.16. The minimum Gasteiger partial charge on any atom is -0.456 e. The fourth-order valence-corrected chi connectivity index (χ4v) is 9.83. The smallest absolute Gasteiger partial charge is 0.137 e. The van der Waals surface area contributed by atoms with Crippen molar-refractivity contribution in [2.75, 3.05) is 9.80 Å². The Bertz CT molecular complexity index is 3360. The Morgan fingerprint density at radius 2 is 0.687 bits per heavy atom. The molecule has 0 radical (unpaired) electrons. The van der Waals surface area contributed by atoms with Crippen LogP contribution < -0.4 is 14.5 Å². The van der Waals surface area contributed by atoms with E-state index in [4.69, 9.17) is 4.74 Å². The highest BCUT2D eigenvalue weighted by molar-refractivity contribution is 6.13. The van der Waals surface area contributed by atoms with Crippen molar-refractivity contribution in [3.8, 4) is 67.1 Å². The molecule has 0 spiro atoms. The van der Waals surface area contributed by atoms with Crippen molar-refractivity contribution in [1.82, 2.24) is 0 Å². The third kappa shape index (κ3) is 7.29. The van der Waals surface area contributed by atoms with Crippen molar-refractivity contribution in [3.63, 3.8) is 0 Å². The van der Waals surface area contributed by atoms with Crippen LogP contribution in [-0.4, -0.2) is 0 Å². The van der Waals surface area contributed by atoms with E-state index in [-0.39, 0.29) is 0 Å². The Morgan fingerprint density at radius 1 is 0.254 bits per heavy atom. The lowest BCUT2D eigenvalue weighted by Gasteiger charge is -2.32. The number of nitrogens with zero attached hydrogens (tertiary/aromatic N) is 2. The molecule has 0 atom stereocenters. The Labute approximate surface area is 391 Å². The molecule has 0 fully saturated rings. The number of fused-ring (bicyclic) bond motifs is 2. The van der Waals surface area contributed by atoms with Gasteiger partial charge in [0, 0.05) is 39.1 Å². The summed E-state index contributed by atoms with van der Waals surface area (Å²) in [7, 11) is 0. The number of anilines is 6. The Hall–Kier alpha value is -8.92. The highest BCUT2D eigenvalue weighted by Crippen LogP contribution is 2.55. The highest BCUT2D eigenvalue weighted by atomic mass is 16.5. The van der Waals surface area contributed by atoms with Gasteiger partial charge in [-0.05, 0) is 123 Å². The number of benzene rings is 11. The summed E-state index contributed by atoms with van der Waals surface area (Å²) in [6, 6.07) is 95.4. The van der Waals surface area contributed by atoms with Crippen molar-refractivity contribution >= 4 is 44.9 Å². The van der Waals surface area contributed by atoms with Gasteiger partial charge in [0.2, 0.25) is 0 Å². The largest absolute Gasteiger partial charge is 0.456 e. The third-order valence-corrected chi connectivity index (χ3v) is 12.8. The zero-order valence-corrected chi connectivity index (χ0v) is 36.7. The van der Waals surface area contributed by atoms with Gasteiger partial charge in [-0.3, -0.25) is 0 Å². The van der Waals surface area contributed by atoms with E-state index < -0.39 is 0 Å². The Kier molecular flexibility index (Phi) is 10.2. The molecule has 0 saturated heterocycles. The summed E-state index contributed by atoms with van der Waals surface area (Å²) < 4.78 is 7.00. The molecule has 1 heterocycles. The monoisotopic (exact) mass is 856 g/mol. The van der Waals surface area contributed by atoms with Gasteiger partial charge in [-0.25, -0.2) is 0 Å². The lowest BCUT2D eigenvalue weighted by Crippen LogP contribution is -2.13. The van der Waals surface area contributed by atoms with Crippen molar-refractivity contribution in [3.05, 3.63) is 267 Å². The van der Waals surface area contributed by atoms with E-state index in [0.717, 1.165) is 89.8 Å². The maximum Gasteiger partial charge on any atom is 0.137 e. The molecule has 0 saturated carbocycles. The van der Waals surface area contributed by atoms with E-state index in [9.17, 15) is 0 Å². The standard InChI is InChI=1S/C64H44N2O/c1-7-21-45(22-8-1)53-39-37-51(43-57(53)47-25-11-3-12-26-47)66(52-38-40-54(46-23-9-2-10-24-46)58(44-52)48-27-13-4-14-28-48)59-41-42-62-63-55(59)33-19-34-56(63)64-60(35-20-36-61(64)67-62)65(49-29-15-5-16-30-49)50-31-17-6-18-32-50/h1-44H. The van der Waals surface area contributed by atoms with E-state index in [1.165, 1.54) is 22.3 Å². The van der Waals surface area contributed by atoms with E-state index >= 15 is 0 Å². The van der Waals surface area contributed by atoms with Gasteiger partial charge in [0.1, 0.15) is 11.5 Å². The first-order valence-corrected chi connectivity index (χ1v) is 22.8. The summed E-state index contributed by atoms with van der Waals surface area (Å²) >= 11 is 0. The molecule has 0 bridgehead atoms. The minimum atomic E-state index is 0.826. The number of hydrogen-bond donors (Lipinski definition) is 0. The first-order chi connectivity index (χ1) is 33.3.